The molecule has 2 bridgehead atoms. The fourth-order valence-corrected chi connectivity index (χ4v) is 3.70. The Morgan fingerprint density at radius 3 is 1.14 bits per heavy atom. The first-order valence-corrected chi connectivity index (χ1v) is 6.14. The van der Waals surface area contributed by atoms with Gasteiger partial charge in [0.15, 0.2) is 0 Å². The number of hydrogen-bond donors (Lipinski definition) is 2. The zero-order valence-corrected chi connectivity index (χ0v) is 9.23. The van der Waals surface area contributed by atoms with Crippen molar-refractivity contribution < 1.29 is 0 Å². The third kappa shape index (κ3) is 1.70. The molecular weight excluding hydrogens is 172 g/mol. The average molecular weight is 196 g/mol. The van der Waals surface area contributed by atoms with Gasteiger partial charge < -0.3 is 11.5 Å². The van der Waals surface area contributed by atoms with E-state index in [-0.39, 0.29) is 0 Å². The van der Waals surface area contributed by atoms with E-state index in [1.165, 1.54) is 51.4 Å². The standard InChI is InChI=1S/C12H24N2/c13-9-7-11-1-2-12(5-3-11,6-4-11)8-10-14/h1-10,13-14H2. The molecule has 0 unspecified atom stereocenters. The first-order valence-electron chi connectivity index (χ1n) is 6.14. The summed E-state index contributed by atoms with van der Waals surface area (Å²) in [6.45, 7) is 1.76. The number of fused-ring (bicyclic) bond motifs is 3. The van der Waals surface area contributed by atoms with Crippen molar-refractivity contribution >= 4 is 0 Å². The van der Waals surface area contributed by atoms with Crippen LogP contribution in [0.5, 0.6) is 0 Å². The van der Waals surface area contributed by atoms with Crippen LogP contribution in [0.25, 0.3) is 0 Å². The van der Waals surface area contributed by atoms with Gasteiger partial charge in [-0.15, -0.1) is 0 Å². The van der Waals surface area contributed by atoms with Gasteiger partial charge in [0.2, 0.25) is 0 Å². The summed E-state index contributed by atoms with van der Waals surface area (Å²) >= 11 is 0. The van der Waals surface area contributed by atoms with Crippen LogP contribution in [0, 0.1) is 10.8 Å². The molecule has 3 aliphatic carbocycles. The Bertz CT molecular complexity index is 154. The van der Waals surface area contributed by atoms with E-state index < -0.39 is 0 Å². The van der Waals surface area contributed by atoms with Crippen LogP contribution in [0.4, 0.5) is 0 Å². The van der Waals surface area contributed by atoms with E-state index in [0.29, 0.717) is 10.8 Å². The highest BCUT2D eigenvalue weighted by molar-refractivity contribution is 4.99. The molecule has 2 heteroatoms. The quantitative estimate of drug-likeness (QED) is 0.723. The molecule has 0 spiro atoms. The van der Waals surface area contributed by atoms with Crippen LogP contribution in [0.3, 0.4) is 0 Å². The van der Waals surface area contributed by atoms with Gasteiger partial charge in [-0.2, -0.15) is 0 Å². The van der Waals surface area contributed by atoms with E-state index in [1.54, 1.807) is 0 Å². The van der Waals surface area contributed by atoms with Crippen LogP contribution in [0.2, 0.25) is 0 Å². The molecule has 3 aliphatic rings. The lowest BCUT2D eigenvalue weighted by atomic mass is 9.52. The van der Waals surface area contributed by atoms with Crippen molar-refractivity contribution in [2.75, 3.05) is 13.1 Å². The Kier molecular flexibility index (Phi) is 2.85. The number of hydrogen-bond acceptors (Lipinski definition) is 2. The maximum Gasteiger partial charge on any atom is -0.00720 e. The summed E-state index contributed by atoms with van der Waals surface area (Å²) in [6, 6.07) is 0. The van der Waals surface area contributed by atoms with Gasteiger partial charge in [-0.05, 0) is 75.3 Å². The molecule has 14 heavy (non-hydrogen) atoms. The highest BCUT2D eigenvalue weighted by atomic mass is 14.6. The van der Waals surface area contributed by atoms with Gasteiger partial charge in [-0.1, -0.05) is 0 Å². The second-order valence-electron chi connectivity index (χ2n) is 5.58. The minimum Gasteiger partial charge on any atom is -0.330 e. The van der Waals surface area contributed by atoms with Crippen molar-refractivity contribution in [1.29, 1.82) is 0 Å². The molecule has 0 aromatic rings. The highest BCUT2D eigenvalue weighted by Crippen LogP contribution is 2.59. The molecule has 0 saturated heterocycles. The van der Waals surface area contributed by atoms with Crippen LogP contribution in [-0.2, 0) is 0 Å². The van der Waals surface area contributed by atoms with Gasteiger partial charge in [0, 0.05) is 0 Å². The second kappa shape index (κ2) is 3.82. The highest BCUT2D eigenvalue weighted by Gasteiger charge is 2.47. The predicted octanol–water partition coefficient (Wildman–Crippen LogP) is 2.02. The summed E-state index contributed by atoms with van der Waals surface area (Å²) in [5.41, 5.74) is 12.7. The minimum absolute atomic E-state index is 0.644. The summed E-state index contributed by atoms with van der Waals surface area (Å²) in [4.78, 5) is 0. The topological polar surface area (TPSA) is 52.0 Å². The van der Waals surface area contributed by atoms with Gasteiger partial charge in [0.25, 0.3) is 0 Å². The van der Waals surface area contributed by atoms with E-state index in [0.717, 1.165) is 13.1 Å². The van der Waals surface area contributed by atoms with Crippen molar-refractivity contribution in [2.24, 2.45) is 22.3 Å². The zero-order valence-electron chi connectivity index (χ0n) is 9.23. The molecule has 0 heterocycles. The molecule has 0 aromatic carbocycles. The van der Waals surface area contributed by atoms with Crippen molar-refractivity contribution in [1.82, 2.24) is 0 Å². The van der Waals surface area contributed by atoms with Gasteiger partial charge in [-0.3, -0.25) is 0 Å². The lowest BCUT2D eigenvalue weighted by Gasteiger charge is -2.54. The Hall–Kier alpha value is -0.0800. The van der Waals surface area contributed by atoms with Crippen molar-refractivity contribution in [2.45, 2.75) is 51.4 Å². The van der Waals surface area contributed by atoms with Gasteiger partial charge in [0.05, 0.1) is 0 Å². The summed E-state index contributed by atoms with van der Waals surface area (Å²) in [6.07, 6.45) is 11.0. The van der Waals surface area contributed by atoms with E-state index in [4.69, 9.17) is 11.5 Å². The molecule has 0 amide bonds. The predicted molar refractivity (Wildman–Crippen MR) is 59.9 cm³/mol. The summed E-state index contributed by atoms with van der Waals surface area (Å²) in [7, 11) is 0. The molecule has 3 saturated carbocycles. The fraction of sp³-hybridized carbons (Fsp3) is 1.00. The Balaban J connectivity index is 1.98. The molecule has 0 aromatic heterocycles. The molecule has 2 nitrogen and oxygen atoms in total. The van der Waals surface area contributed by atoms with Gasteiger partial charge in [-0.25, -0.2) is 0 Å². The minimum atomic E-state index is 0.644. The van der Waals surface area contributed by atoms with Crippen molar-refractivity contribution in [3.05, 3.63) is 0 Å². The summed E-state index contributed by atoms with van der Waals surface area (Å²) < 4.78 is 0. The monoisotopic (exact) mass is 196 g/mol. The molecule has 82 valence electrons. The maximum atomic E-state index is 5.71. The SMILES string of the molecule is NCCC12CCC(CCN)(CC1)CC2. The van der Waals surface area contributed by atoms with E-state index in [9.17, 15) is 0 Å². The van der Waals surface area contributed by atoms with Crippen LogP contribution >= 0.6 is 0 Å². The van der Waals surface area contributed by atoms with E-state index >= 15 is 0 Å². The number of nitrogens with two attached hydrogens (primary N) is 2. The van der Waals surface area contributed by atoms with Gasteiger partial charge >= 0.3 is 0 Å². The molecule has 4 N–H and O–H groups in total. The molecule has 3 rings (SSSR count). The average Bonchev–Trinajstić information content (AvgIpc) is 2.22. The molecule has 0 radical (unpaired) electrons. The third-order valence-electron chi connectivity index (χ3n) is 4.91. The zero-order chi connectivity index (χ0) is 10.1. The molecular formula is C12H24N2. The lowest BCUT2D eigenvalue weighted by molar-refractivity contribution is -0.0162. The van der Waals surface area contributed by atoms with Crippen molar-refractivity contribution in [3.63, 3.8) is 0 Å². The second-order valence-corrected chi connectivity index (χ2v) is 5.58. The molecule has 0 aliphatic heterocycles. The van der Waals surface area contributed by atoms with Crippen molar-refractivity contribution in [3.8, 4) is 0 Å². The Labute approximate surface area is 87.4 Å². The summed E-state index contributed by atoms with van der Waals surface area (Å²) in [5, 5.41) is 0. The molecule has 3 fully saturated rings. The van der Waals surface area contributed by atoms with Crippen LogP contribution in [-0.4, -0.2) is 13.1 Å². The summed E-state index contributed by atoms with van der Waals surface area (Å²) in [5.74, 6) is 0. The third-order valence-corrected chi connectivity index (χ3v) is 4.91. The van der Waals surface area contributed by atoms with Gasteiger partial charge in [0.1, 0.15) is 0 Å². The number of rotatable bonds is 4. The maximum absolute atomic E-state index is 5.71. The lowest BCUT2D eigenvalue weighted by Crippen LogP contribution is -2.43. The van der Waals surface area contributed by atoms with E-state index in [2.05, 4.69) is 0 Å². The molecule has 0 atom stereocenters. The smallest absolute Gasteiger partial charge is 0.00720 e. The van der Waals surface area contributed by atoms with Crippen LogP contribution < -0.4 is 11.5 Å². The normalized spacial score (nSPS) is 41.6. The first kappa shape index (κ1) is 10.4. The first-order chi connectivity index (χ1) is 6.74. The van der Waals surface area contributed by atoms with Crippen LogP contribution in [0.15, 0.2) is 0 Å². The Morgan fingerprint density at radius 1 is 0.643 bits per heavy atom. The van der Waals surface area contributed by atoms with Crippen LogP contribution in [0.1, 0.15) is 51.4 Å². The van der Waals surface area contributed by atoms with E-state index in [1.807, 2.05) is 0 Å². The Morgan fingerprint density at radius 2 is 0.929 bits per heavy atom. The largest absolute Gasteiger partial charge is 0.330 e. The fourth-order valence-electron chi connectivity index (χ4n) is 3.70.